The number of hydrogen-bond acceptors (Lipinski definition) is 2. The van der Waals surface area contributed by atoms with Crippen LogP contribution in [0.4, 0.5) is 13.2 Å². The predicted molar refractivity (Wildman–Crippen MR) is 65.2 cm³/mol. The maximum atomic E-state index is 12.1. The van der Waals surface area contributed by atoms with E-state index in [1.165, 1.54) is 6.07 Å². The second-order valence-electron chi connectivity index (χ2n) is 3.79. The zero-order chi connectivity index (χ0) is 13.5. The molecule has 2 rings (SSSR count). The van der Waals surface area contributed by atoms with Crippen molar-refractivity contribution in [1.29, 1.82) is 0 Å². The molecule has 1 aliphatic heterocycles. The second-order valence-corrected chi connectivity index (χ2v) is 4.95. The van der Waals surface area contributed by atoms with Gasteiger partial charge in [0.25, 0.3) is 11.8 Å². The van der Waals surface area contributed by atoms with Crippen LogP contribution >= 0.6 is 22.6 Å². The third-order valence-corrected chi connectivity index (χ3v) is 3.47. The Morgan fingerprint density at radius 1 is 1.17 bits per heavy atom. The first kappa shape index (κ1) is 13.3. The normalized spacial score (nSPS) is 15.2. The van der Waals surface area contributed by atoms with Crippen LogP contribution in [-0.2, 0) is 0 Å². The first-order valence-electron chi connectivity index (χ1n) is 5.03. The van der Waals surface area contributed by atoms with E-state index in [0.29, 0.717) is 8.47 Å². The smallest absolute Gasteiger partial charge is 0.274 e. The molecule has 0 aliphatic carbocycles. The summed E-state index contributed by atoms with van der Waals surface area (Å²) in [4.78, 5) is 24.3. The Labute approximate surface area is 114 Å². The van der Waals surface area contributed by atoms with E-state index in [1.807, 2.05) is 22.6 Å². The van der Waals surface area contributed by atoms with Crippen molar-refractivity contribution in [3.63, 3.8) is 0 Å². The molecule has 3 nitrogen and oxygen atoms in total. The molecular formula is C11H7F3INO2. The fourth-order valence-electron chi connectivity index (χ4n) is 1.73. The molecule has 0 radical (unpaired) electrons. The van der Waals surface area contributed by atoms with E-state index in [0.717, 1.165) is 0 Å². The lowest BCUT2D eigenvalue weighted by molar-refractivity contribution is -0.135. The van der Waals surface area contributed by atoms with E-state index in [2.05, 4.69) is 0 Å². The van der Waals surface area contributed by atoms with Gasteiger partial charge in [0.1, 0.15) is 0 Å². The summed E-state index contributed by atoms with van der Waals surface area (Å²) in [6.45, 7) is -0.633. The highest BCUT2D eigenvalue weighted by Gasteiger charge is 2.39. The molecular weight excluding hydrogens is 362 g/mol. The number of benzene rings is 1. The van der Waals surface area contributed by atoms with Crippen LogP contribution in [0.1, 0.15) is 27.1 Å². The predicted octanol–water partition coefficient (Wildman–Crippen LogP) is 2.84. The van der Waals surface area contributed by atoms with Gasteiger partial charge in [-0.2, -0.15) is 13.2 Å². The van der Waals surface area contributed by atoms with Crippen molar-refractivity contribution in [2.75, 3.05) is 6.54 Å². The van der Waals surface area contributed by atoms with Crippen molar-refractivity contribution >= 4 is 34.4 Å². The molecule has 2 amide bonds. The van der Waals surface area contributed by atoms with Gasteiger partial charge in [0, 0.05) is 10.1 Å². The summed E-state index contributed by atoms with van der Waals surface area (Å²) < 4.78 is 36.9. The molecule has 0 N–H and O–H groups in total. The van der Waals surface area contributed by atoms with Gasteiger partial charge in [0.2, 0.25) is 0 Å². The quantitative estimate of drug-likeness (QED) is 0.594. The van der Waals surface area contributed by atoms with Crippen LogP contribution in [0.2, 0.25) is 0 Å². The minimum atomic E-state index is -4.39. The number of hydrogen-bond donors (Lipinski definition) is 0. The SMILES string of the molecule is O=C1c2cccc(I)c2C(=O)N1CCC(F)(F)F. The van der Waals surface area contributed by atoms with Gasteiger partial charge in [-0.3, -0.25) is 14.5 Å². The summed E-state index contributed by atoms with van der Waals surface area (Å²) in [6.07, 6.45) is -5.57. The highest BCUT2D eigenvalue weighted by Crippen LogP contribution is 2.28. The van der Waals surface area contributed by atoms with Crippen LogP contribution in [0.15, 0.2) is 18.2 Å². The largest absolute Gasteiger partial charge is 0.390 e. The van der Waals surface area contributed by atoms with Crippen LogP contribution in [-0.4, -0.2) is 29.4 Å². The number of halogens is 4. The molecule has 7 heteroatoms. The topological polar surface area (TPSA) is 37.4 Å². The molecule has 0 saturated heterocycles. The van der Waals surface area contributed by atoms with Crippen LogP contribution in [0.5, 0.6) is 0 Å². The van der Waals surface area contributed by atoms with Gasteiger partial charge < -0.3 is 0 Å². The summed E-state index contributed by atoms with van der Waals surface area (Å²) >= 11 is 1.88. The van der Waals surface area contributed by atoms with Gasteiger partial charge in [0.15, 0.2) is 0 Å². The Kier molecular flexibility index (Phi) is 3.35. The molecule has 1 aromatic carbocycles. The molecule has 0 unspecified atom stereocenters. The van der Waals surface area contributed by atoms with Crippen molar-refractivity contribution in [2.24, 2.45) is 0 Å². The lowest BCUT2D eigenvalue weighted by Crippen LogP contribution is -2.33. The second kappa shape index (κ2) is 4.52. The van der Waals surface area contributed by atoms with Crippen molar-refractivity contribution in [1.82, 2.24) is 4.90 Å². The Hall–Kier alpha value is -1.12. The summed E-state index contributed by atoms with van der Waals surface area (Å²) in [5, 5.41) is 0. The summed E-state index contributed by atoms with van der Waals surface area (Å²) in [5.74, 6) is -1.30. The number of nitrogens with zero attached hydrogens (tertiary/aromatic N) is 1. The minimum absolute atomic E-state index is 0.175. The van der Waals surface area contributed by atoms with Crippen LogP contribution in [0.3, 0.4) is 0 Å². The lowest BCUT2D eigenvalue weighted by atomic mass is 10.1. The molecule has 0 saturated carbocycles. The Morgan fingerprint density at radius 3 is 2.39 bits per heavy atom. The molecule has 1 aliphatic rings. The van der Waals surface area contributed by atoms with Gasteiger partial charge in [-0.25, -0.2) is 0 Å². The Morgan fingerprint density at radius 2 is 1.83 bits per heavy atom. The number of imide groups is 1. The number of rotatable bonds is 2. The average molecular weight is 369 g/mol. The maximum Gasteiger partial charge on any atom is 0.390 e. The number of alkyl halides is 3. The third-order valence-electron chi connectivity index (χ3n) is 2.57. The summed E-state index contributed by atoms with van der Waals surface area (Å²) in [6, 6.07) is 4.68. The molecule has 18 heavy (non-hydrogen) atoms. The molecule has 96 valence electrons. The molecule has 1 aromatic rings. The van der Waals surface area contributed by atoms with Crippen molar-refractivity contribution in [2.45, 2.75) is 12.6 Å². The van der Waals surface area contributed by atoms with E-state index < -0.39 is 31.0 Å². The molecule has 0 atom stereocenters. The number of fused-ring (bicyclic) bond motifs is 1. The monoisotopic (exact) mass is 369 g/mol. The number of carbonyl (C=O) groups excluding carboxylic acids is 2. The van der Waals surface area contributed by atoms with Crippen LogP contribution in [0.25, 0.3) is 0 Å². The first-order chi connectivity index (χ1) is 8.31. The van der Waals surface area contributed by atoms with Crippen LogP contribution in [0, 0.1) is 3.57 Å². The molecule has 0 aromatic heterocycles. The number of amides is 2. The Balaban J connectivity index is 2.27. The van der Waals surface area contributed by atoms with Crippen LogP contribution < -0.4 is 0 Å². The standard InChI is InChI=1S/C11H7F3INO2/c12-11(13,14)4-5-16-9(17)6-2-1-3-7(15)8(6)10(16)18/h1-3H,4-5H2. The molecule has 0 fully saturated rings. The van der Waals surface area contributed by atoms with E-state index in [4.69, 9.17) is 0 Å². The van der Waals surface area contributed by atoms with Crippen molar-refractivity contribution in [3.05, 3.63) is 32.9 Å². The molecule has 1 heterocycles. The highest BCUT2D eigenvalue weighted by molar-refractivity contribution is 14.1. The van der Waals surface area contributed by atoms with E-state index >= 15 is 0 Å². The highest BCUT2D eigenvalue weighted by atomic mass is 127. The van der Waals surface area contributed by atoms with Gasteiger partial charge >= 0.3 is 6.18 Å². The fraction of sp³-hybridized carbons (Fsp3) is 0.273. The van der Waals surface area contributed by atoms with Gasteiger partial charge in [-0.05, 0) is 34.7 Å². The van der Waals surface area contributed by atoms with Gasteiger partial charge in [0.05, 0.1) is 17.5 Å². The molecule has 0 spiro atoms. The third kappa shape index (κ3) is 2.36. The fourth-order valence-corrected chi connectivity index (χ4v) is 2.46. The van der Waals surface area contributed by atoms with E-state index in [9.17, 15) is 22.8 Å². The maximum absolute atomic E-state index is 12.1. The van der Waals surface area contributed by atoms with E-state index in [1.54, 1.807) is 12.1 Å². The van der Waals surface area contributed by atoms with Crippen molar-refractivity contribution in [3.8, 4) is 0 Å². The Bertz CT molecular complexity index is 528. The zero-order valence-electron chi connectivity index (χ0n) is 8.92. The van der Waals surface area contributed by atoms with Crippen molar-refractivity contribution < 1.29 is 22.8 Å². The number of carbonyl (C=O) groups is 2. The summed E-state index contributed by atoms with van der Waals surface area (Å²) in [5.41, 5.74) is 0.374. The van der Waals surface area contributed by atoms with Gasteiger partial charge in [-0.1, -0.05) is 6.07 Å². The zero-order valence-corrected chi connectivity index (χ0v) is 11.1. The minimum Gasteiger partial charge on any atom is -0.274 e. The molecule has 0 bridgehead atoms. The summed E-state index contributed by atoms with van der Waals surface area (Å²) in [7, 11) is 0. The van der Waals surface area contributed by atoms with Gasteiger partial charge in [-0.15, -0.1) is 0 Å². The average Bonchev–Trinajstić information content (AvgIpc) is 2.49. The van der Waals surface area contributed by atoms with E-state index in [-0.39, 0.29) is 11.1 Å². The first-order valence-corrected chi connectivity index (χ1v) is 6.10. The lowest BCUT2D eigenvalue weighted by Gasteiger charge is -2.14.